The quantitative estimate of drug-likeness (QED) is 0.536. The van der Waals surface area contributed by atoms with Gasteiger partial charge in [0.2, 0.25) is 0 Å². The first-order valence-electron chi connectivity index (χ1n) is 6.03. The molecule has 1 atom stereocenters. The van der Waals surface area contributed by atoms with Crippen molar-refractivity contribution in [2.24, 2.45) is 5.92 Å². The van der Waals surface area contributed by atoms with Crippen LogP contribution in [0.1, 0.15) is 11.1 Å². The van der Waals surface area contributed by atoms with Crippen LogP contribution in [-0.2, 0) is 6.42 Å². The molecule has 0 fully saturated rings. The Morgan fingerprint density at radius 1 is 1.19 bits per heavy atom. The zero-order chi connectivity index (χ0) is 12.2. The highest BCUT2D eigenvalue weighted by atomic mass is 79.9. The molecule has 16 heavy (non-hydrogen) atoms. The van der Waals surface area contributed by atoms with Gasteiger partial charge in [-0.05, 0) is 30.4 Å². The number of alkyl halides is 1. The minimum absolute atomic E-state index is 0.799. The Kier molecular flexibility index (Phi) is 5.26. The van der Waals surface area contributed by atoms with Crippen LogP contribution in [0.15, 0.2) is 24.3 Å². The summed E-state index contributed by atoms with van der Waals surface area (Å²) in [5, 5.41) is 1.13. The van der Waals surface area contributed by atoms with Gasteiger partial charge in [-0.25, -0.2) is 0 Å². The second kappa shape index (κ2) is 6.01. The molecule has 0 saturated carbocycles. The molecule has 2 heteroatoms. The molecule has 0 aromatic heterocycles. The number of hydrogen-bond donors (Lipinski definition) is 0. The van der Waals surface area contributed by atoms with Crippen LogP contribution in [0.2, 0.25) is 25.7 Å². The van der Waals surface area contributed by atoms with E-state index in [2.05, 4.69) is 66.8 Å². The van der Waals surface area contributed by atoms with Gasteiger partial charge in [0.05, 0.1) is 0 Å². The van der Waals surface area contributed by atoms with Crippen LogP contribution in [-0.4, -0.2) is 13.4 Å². The molecule has 1 aromatic carbocycles. The summed E-state index contributed by atoms with van der Waals surface area (Å²) in [4.78, 5) is 0. The second-order valence-electron chi connectivity index (χ2n) is 5.92. The molecule has 0 bridgehead atoms. The molecule has 90 valence electrons. The summed E-state index contributed by atoms with van der Waals surface area (Å²) in [6.07, 6.45) is 1.22. The van der Waals surface area contributed by atoms with Crippen molar-refractivity contribution in [2.75, 3.05) is 5.33 Å². The van der Waals surface area contributed by atoms with Gasteiger partial charge in [-0.3, -0.25) is 0 Å². The van der Waals surface area contributed by atoms with Gasteiger partial charge < -0.3 is 0 Å². The molecule has 0 nitrogen and oxygen atoms in total. The van der Waals surface area contributed by atoms with E-state index >= 15 is 0 Å². The van der Waals surface area contributed by atoms with Gasteiger partial charge >= 0.3 is 0 Å². The monoisotopic (exact) mass is 298 g/mol. The molecule has 0 radical (unpaired) electrons. The summed E-state index contributed by atoms with van der Waals surface area (Å²) in [6.45, 7) is 9.59. The molecule has 0 saturated heterocycles. The number of hydrogen-bond acceptors (Lipinski definition) is 0. The molecule has 1 unspecified atom stereocenters. The average Bonchev–Trinajstić information content (AvgIpc) is 2.18. The van der Waals surface area contributed by atoms with E-state index < -0.39 is 8.07 Å². The van der Waals surface area contributed by atoms with E-state index in [0.29, 0.717) is 0 Å². The fourth-order valence-electron chi connectivity index (χ4n) is 2.20. The Hall–Kier alpha value is -0.0831. The fourth-order valence-corrected chi connectivity index (χ4v) is 5.10. The second-order valence-corrected chi connectivity index (χ2v) is 12.1. The lowest BCUT2D eigenvalue weighted by atomic mass is 9.99. The summed E-state index contributed by atoms with van der Waals surface area (Å²) in [5.74, 6) is 0.799. The third kappa shape index (κ3) is 4.83. The van der Waals surface area contributed by atoms with Crippen LogP contribution < -0.4 is 0 Å². The van der Waals surface area contributed by atoms with Crippen LogP contribution >= 0.6 is 15.9 Å². The molecular weight excluding hydrogens is 276 g/mol. The molecular formula is C14H23BrSi. The first-order chi connectivity index (χ1) is 7.42. The molecule has 1 rings (SSSR count). The zero-order valence-electron chi connectivity index (χ0n) is 10.9. The Labute approximate surface area is 110 Å². The third-order valence-electron chi connectivity index (χ3n) is 2.89. The van der Waals surface area contributed by atoms with E-state index in [1.807, 2.05) is 0 Å². The van der Waals surface area contributed by atoms with Gasteiger partial charge in [-0.1, -0.05) is 65.9 Å². The SMILES string of the molecule is Cc1ccccc1CC(CBr)C[Si](C)(C)C. The molecule has 0 N–H and O–H groups in total. The summed E-state index contributed by atoms with van der Waals surface area (Å²) in [5.41, 5.74) is 2.95. The lowest BCUT2D eigenvalue weighted by Crippen LogP contribution is -2.25. The van der Waals surface area contributed by atoms with E-state index in [1.54, 1.807) is 0 Å². The smallest absolute Gasteiger partial charge is 0.0445 e. The zero-order valence-corrected chi connectivity index (χ0v) is 13.5. The highest BCUT2D eigenvalue weighted by molar-refractivity contribution is 9.09. The van der Waals surface area contributed by atoms with Crippen LogP contribution in [0, 0.1) is 12.8 Å². The van der Waals surface area contributed by atoms with Crippen LogP contribution in [0.4, 0.5) is 0 Å². The Balaban J connectivity index is 2.67. The topological polar surface area (TPSA) is 0 Å². The van der Waals surface area contributed by atoms with Crippen LogP contribution in [0.25, 0.3) is 0 Å². The minimum atomic E-state index is -0.943. The molecule has 0 amide bonds. The number of aryl methyl sites for hydroxylation is 1. The summed E-state index contributed by atoms with van der Waals surface area (Å²) in [6, 6.07) is 10.2. The Morgan fingerprint density at radius 3 is 2.31 bits per heavy atom. The highest BCUT2D eigenvalue weighted by Crippen LogP contribution is 2.23. The maximum absolute atomic E-state index is 3.67. The van der Waals surface area contributed by atoms with Crippen molar-refractivity contribution in [2.45, 2.75) is 39.0 Å². The van der Waals surface area contributed by atoms with Gasteiger partial charge in [-0.2, -0.15) is 0 Å². The molecule has 0 aliphatic carbocycles. The first kappa shape index (κ1) is 14.0. The average molecular weight is 299 g/mol. The van der Waals surface area contributed by atoms with E-state index in [-0.39, 0.29) is 0 Å². The standard InChI is InChI=1S/C14H23BrSi/c1-12-7-5-6-8-14(12)9-13(10-15)11-16(2,3)4/h5-8,13H,9-11H2,1-4H3. The molecule has 0 aliphatic rings. The maximum Gasteiger partial charge on any atom is 0.0445 e. The normalized spacial score (nSPS) is 13.8. The fraction of sp³-hybridized carbons (Fsp3) is 0.571. The summed E-state index contributed by atoms with van der Waals surface area (Å²) in [7, 11) is -0.943. The van der Waals surface area contributed by atoms with E-state index in [1.165, 1.54) is 23.6 Å². The maximum atomic E-state index is 3.67. The van der Waals surface area contributed by atoms with Gasteiger partial charge in [-0.15, -0.1) is 0 Å². The number of rotatable bonds is 5. The molecule has 0 aliphatic heterocycles. The lowest BCUT2D eigenvalue weighted by molar-refractivity contribution is 0.649. The minimum Gasteiger partial charge on any atom is -0.0925 e. The van der Waals surface area contributed by atoms with Crippen molar-refractivity contribution < 1.29 is 0 Å². The lowest BCUT2D eigenvalue weighted by Gasteiger charge is -2.23. The Bertz CT molecular complexity index is 328. The van der Waals surface area contributed by atoms with Crippen LogP contribution in [0.5, 0.6) is 0 Å². The van der Waals surface area contributed by atoms with Gasteiger partial charge in [0.25, 0.3) is 0 Å². The predicted molar refractivity (Wildman–Crippen MR) is 80.3 cm³/mol. The van der Waals surface area contributed by atoms with Gasteiger partial charge in [0, 0.05) is 13.4 Å². The van der Waals surface area contributed by atoms with E-state index in [4.69, 9.17) is 0 Å². The van der Waals surface area contributed by atoms with Crippen molar-refractivity contribution in [3.05, 3.63) is 35.4 Å². The molecule has 1 aromatic rings. The first-order valence-corrected chi connectivity index (χ1v) is 10.9. The Morgan fingerprint density at radius 2 is 1.81 bits per heavy atom. The van der Waals surface area contributed by atoms with Crippen molar-refractivity contribution in [1.29, 1.82) is 0 Å². The van der Waals surface area contributed by atoms with Crippen molar-refractivity contribution in [1.82, 2.24) is 0 Å². The highest BCUT2D eigenvalue weighted by Gasteiger charge is 2.20. The van der Waals surface area contributed by atoms with Gasteiger partial charge in [0.15, 0.2) is 0 Å². The molecule has 0 heterocycles. The number of benzene rings is 1. The summed E-state index contributed by atoms with van der Waals surface area (Å²) < 4.78 is 0. The van der Waals surface area contributed by atoms with Crippen molar-refractivity contribution in [3.63, 3.8) is 0 Å². The van der Waals surface area contributed by atoms with E-state index in [9.17, 15) is 0 Å². The van der Waals surface area contributed by atoms with Crippen molar-refractivity contribution >= 4 is 24.0 Å². The van der Waals surface area contributed by atoms with Gasteiger partial charge in [0.1, 0.15) is 0 Å². The predicted octanol–water partition coefficient (Wildman–Crippen LogP) is 4.89. The largest absolute Gasteiger partial charge is 0.0925 e. The number of halogens is 1. The molecule has 0 spiro atoms. The van der Waals surface area contributed by atoms with Crippen molar-refractivity contribution in [3.8, 4) is 0 Å². The third-order valence-corrected chi connectivity index (χ3v) is 5.61. The van der Waals surface area contributed by atoms with E-state index in [0.717, 1.165) is 11.2 Å². The summed E-state index contributed by atoms with van der Waals surface area (Å²) >= 11 is 3.67. The van der Waals surface area contributed by atoms with Crippen LogP contribution in [0.3, 0.4) is 0 Å².